The van der Waals surface area contributed by atoms with Crippen molar-refractivity contribution in [3.63, 3.8) is 0 Å². The van der Waals surface area contributed by atoms with E-state index < -0.39 is 0 Å². The van der Waals surface area contributed by atoms with E-state index in [1.54, 1.807) is 13.8 Å². The van der Waals surface area contributed by atoms with E-state index in [4.69, 9.17) is 14.6 Å². The Morgan fingerprint density at radius 3 is 1.57 bits per heavy atom. The summed E-state index contributed by atoms with van der Waals surface area (Å²) in [6, 6.07) is 37.8. The Morgan fingerprint density at radius 1 is 0.622 bits per heavy atom. The minimum absolute atomic E-state index is 0. The van der Waals surface area contributed by atoms with Crippen LogP contribution in [0.1, 0.15) is 20.3 Å². The number of rotatable bonds is 6. The van der Waals surface area contributed by atoms with Crippen LogP contribution in [0.15, 0.2) is 108 Å². The molecule has 5 nitrogen and oxygen atoms in total. The summed E-state index contributed by atoms with van der Waals surface area (Å²) in [5.41, 5.74) is 6.26. The summed E-state index contributed by atoms with van der Waals surface area (Å²) < 4.78 is 5.89. The van der Waals surface area contributed by atoms with Gasteiger partial charge in [0.05, 0.1) is 12.2 Å². The largest absolute Gasteiger partial charge is 0.464 e. The van der Waals surface area contributed by atoms with Crippen LogP contribution in [0, 0.1) is 6.07 Å². The molecule has 0 saturated carbocycles. The molecule has 37 heavy (non-hydrogen) atoms. The fraction of sp³-hybridized carbons (Fsp3) is 0.161. The molecule has 191 valence electrons. The van der Waals surface area contributed by atoms with Crippen molar-refractivity contribution in [1.29, 1.82) is 0 Å². The Balaban J connectivity index is 0.000000422. The first-order valence-electron chi connectivity index (χ1n) is 11.9. The van der Waals surface area contributed by atoms with Gasteiger partial charge >= 0.3 is 0 Å². The Bertz CT molecular complexity index is 1230. The number of aliphatic hydroxyl groups excluding tert-OH is 2. The summed E-state index contributed by atoms with van der Waals surface area (Å²) in [7, 11) is 0. The van der Waals surface area contributed by atoms with Crippen molar-refractivity contribution in [3.8, 4) is 45.2 Å². The fourth-order valence-corrected chi connectivity index (χ4v) is 3.75. The minimum atomic E-state index is -0.375. The fourth-order valence-electron chi connectivity index (χ4n) is 3.75. The van der Waals surface area contributed by atoms with Crippen LogP contribution in [-0.4, -0.2) is 32.6 Å². The smallest absolute Gasteiger partial charge is 0.237 e. The van der Waals surface area contributed by atoms with Gasteiger partial charge in [-0.25, -0.2) is 0 Å². The van der Waals surface area contributed by atoms with E-state index in [0.29, 0.717) is 18.2 Å². The first-order chi connectivity index (χ1) is 17.5. The van der Waals surface area contributed by atoms with Crippen molar-refractivity contribution >= 4 is 0 Å². The predicted octanol–water partition coefficient (Wildman–Crippen LogP) is 6.67. The second-order valence-corrected chi connectivity index (χ2v) is 8.65. The molecule has 0 saturated heterocycles. The number of benzene rings is 4. The Labute approximate surface area is 231 Å². The van der Waals surface area contributed by atoms with Gasteiger partial charge in [0.25, 0.3) is 0 Å². The van der Waals surface area contributed by atoms with Crippen LogP contribution < -0.4 is 0 Å². The van der Waals surface area contributed by atoms with E-state index in [1.807, 2.05) is 66.7 Å². The molecule has 0 amide bonds. The van der Waals surface area contributed by atoms with Gasteiger partial charge in [-0.3, -0.25) is 0 Å². The maximum atomic E-state index is 8.56. The summed E-state index contributed by atoms with van der Waals surface area (Å²) in [5, 5.41) is 25.5. The summed E-state index contributed by atoms with van der Waals surface area (Å²) in [6.07, 6.45) is -0.278. The molecule has 0 fully saturated rings. The molecule has 5 rings (SSSR count). The Morgan fingerprint density at radius 2 is 1.08 bits per heavy atom. The van der Waals surface area contributed by atoms with Gasteiger partial charge in [-0.1, -0.05) is 89.5 Å². The number of hydrogen-bond donors (Lipinski definition) is 2. The van der Waals surface area contributed by atoms with Gasteiger partial charge in [-0.05, 0) is 43.5 Å². The van der Waals surface area contributed by atoms with E-state index in [1.165, 1.54) is 5.56 Å². The number of aromatic nitrogens is 2. The first-order valence-corrected chi connectivity index (χ1v) is 11.9. The SMILES string of the molecule is CC(O)CC(C)O.[Ir].[c-]1cc(-c2ccccc2)ccc1-c1nnc(-c2ccc(-c3ccccc3)cc2)o1. The molecule has 1 aromatic heterocycles. The molecule has 0 aliphatic heterocycles. The summed E-state index contributed by atoms with van der Waals surface area (Å²) in [4.78, 5) is 0. The topological polar surface area (TPSA) is 79.4 Å². The molecule has 0 spiro atoms. The van der Waals surface area contributed by atoms with Crippen LogP contribution in [0.25, 0.3) is 45.2 Å². The monoisotopic (exact) mass is 670 g/mol. The van der Waals surface area contributed by atoms with Crippen LogP contribution in [0.4, 0.5) is 0 Å². The first kappa shape index (κ1) is 28.2. The zero-order valence-corrected chi connectivity index (χ0v) is 23.1. The normalized spacial score (nSPS) is 12.0. The number of nitrogens with zero attached hydrogens (tertiary/aromatic N) is 2. The molecule has 2 N–H and O–H groups in total. The third-order valence-corrected chi connectivity index (χ3v) is 5.50. The van der Waals surface area contributed by atoms with Crippen LogP contribution in [0.3, 0.4) is 0 Å². The molecule has 1 heterocycles. The molecule has 0 aliphatic carbocycles. The molecule has 0 bridgehead atoms. The van der Waals surface area contributed by atoms with Crippen LogP contribution in [-0.2, 0) is 20.1 Å². The maximum absolute atomic E-state index is 8.56. The van der Waals surface area contributed by atoms with Gasteiger partial charge in [0.15, 0.2) is 5.89 Å². The summed E-state index contributed by atoms with van der Waals surface area (Å²) in [5.74, 6) is 0.965. The molecule has 2 atom stereocenters. The quantitative estimate of drug-likeness (QED) is 0.198. The molecular weight excluding hydrogens is 641 g/mol. The van der Waals surface area contributed by atoms with Gasteiger partial charge in [0.2, 0.25) is 5.89 Å². The van der Waals surface area contributed by atoms with Crippen molar-refractivity contribution in [3.05, 3.63) is 109 Å². The number of aliphatic hydroxyl groups is 2. The van der Waals surface area contributed by atoms with Gasteiger partial charge < -0.3 is 14.6 Å². The Kier molecular flexibility index (Phi) is 10.5. The molecule has 4 aromatic carbocycles. The van der Waals surface area contributed by atoms with E-state index in [9.17, 15) is 0 Å². The van der Waals surface area contributed by atoms with E-state index >= 15 is 0 Å². The maximum Gasteiger partial charge on any atom is 0.237 e. The van der Waals surface area contributed by atoms with Crippen LogP contribution in [0.5, 0.6) is 0 Å². The minimum Gasteiger partial charge on any atom is -0.464 e. The van der Waals surface area contributed by atoms with Crippen molar-refractivity contribution < 1.29 is 34.7 Å². The predicted molar refractivity (Wildman–Crippen MR) is 143 cm³/mol. The summed E-state index contributed by atoms with van der Waals surface area (Å²) >= 11 is 0. The second kappa shape index (κ2) is 13.8. The number of hydrogen-bond acceptors (Lipinski definition) is 5. The average Bonchev–Trinajstić information content (AvgIpc) is 3.40. The van der Waals surface area contributed by atoms with E-state index in [2.05, 4.69) is 52.7 Å². The third kappa shape index (κ3) is 8.04. The van der Waals surface area contributed by atoms with Crippen LogP contribution >= 0.6 is 0 Å². The second-order valence-electron chi connectivity index (χ2n) is 8.65. The molecule has 2 unspecified atom stereocenters. The zero-order valence-electron chi connectivity index (χ0n) is 20.7. The van der Waals surface area contributed by atoms with Crippen molar-refractivity contribution in [2.24, 2.45) is 0 Å². The molecule has 0 aliphatic rings. The summed E-state index contributed by atoms with van der Waals surface area (Å²) in [6.45, 7) is 3.32. The van der Waals surface area contributed by atoms with E-state index in [-0.39, 0.29) is 32.3 Å². The third-order valence-electron chi connectivity index (χ3n) is 5.50. The van der Waals surface area contributed by atoms with Crippen molar-refractivity contribution in [2.45, 2.75) is 32.5 Å². The van der Waals surface area contributed by atoms with E-state index in [0.717, 1.165) is 27.8 Å². The molecule has 5 aromatic rings. The zero-order chi connectivity index (χ0) is 25.3. The van der Waals surface area contributed by atoms with Gasteiger partial charge in [0, 0.05) is 25.7 Å². The standard InChI is InChI=1S/C26H17N2O.C5H12O2.Ir/c1-3-7-19(8-4-1)21-11-15-23(16-12-21)25-27-28-26(29-25)24-17-13-22(14-18-24)20-9-5-2-6-10-20;1-4(6)3-5(2)7;/h1-17H;4-7H,3H2,1-2H3;/q-1;;. The van der Waals surface area contributed by atoms with Gasteiger partial charge in [-0.2, -0.15) is 5.10 Å². The van der Waals surface area contributed by atoms with Crippen molar-refractivity contribution in [1.82, 2.24) is 10.2 Å². The molecule has 6 heteroatoms. The van der Waals surface area contributed by atoms with Crippen molar-refractivity contribution in [2.75, 3.05) is 0 Å². The Hall–Kier alpha value is -3.41. The van der Waals surface area contributed by atoms with Crippen LogP contribution in [0.2, 0.25) is 0 Å². The van der Waals surface area contributed by atoms with Gasteiger partial charge in [-0.15, -0.1) is 29.4 Å². The average molecular weight is 670 g/mol. The molecule has 1 radical (unpaired) electrons. The molecular formula is C31H29IrN2O3-. The van der Waals surface area contributed by atoms with Gasteiger partial charge in [0.1, 0.15) is 0 Å².